The second-order valence-corrected chi connectivity index (χ2v) is 9.33. The highest BCUT2D eigenvalue weighted by molar-refractivity contribution is 7.90. The molecule has 0 unspecified atom stereocenters. The van der Waals surface area contributed by atoms with Gasteiger partial charge in [0.25, 0.3) is 5.91 Å². The van der Waals surface area contributed by atoms with Gasteiger partial charge in [-0.15, -0.1) is 11.3 Å². The summed E-state index contributed by atoms with van der Waals surface area (Å²) in [5, 5.41) is 2.80. The number of carbonyl (C=O) groups excluding carboxylic acids is 3. The Morgan fingerprint density at radius 1 is 1.21 bits per heavy atom. The Hall–Kier alpha value is -2.79. The van der Waals surface area contributed by atoms with Crippen molar-refractivity contribution in [2.24, 2.45) is 0 Å². The third kappa shape index (κ3) is 8.00. The van der Waals surface area contributed by atoms with Crippen LogP contribution in [-0.2, 0) is 29.9 Å². The number of nitrogens with one attached hydrogen (secondary N) is 1. The van der Waals surface area contributed by atoms with Crippen molar-refractivity contribution in [2.45, 2.75) is 25.5 Å². The van der Waals surface area contributed by atoms with E-state index in [1.54, 1.807) is 12.1 Å². The summed E-state index contributed by atoms with van der Waals surface area (Å²) < 4.78 is 32.7. The van der Waals surface area contributed by atoms with Crippen LogP contribution in [0.5, 0.6) is 5.75 Å². The van der Waals surface area contributed by atoms with Crippen LogP contribution in [0.1, 0.15) is 35.0 Å². The van der Waals surface area contributed by atoms with E-state index in [1.165, 1.54) is 25.3 Å². The third-order valence-electron chi connectivity index (χ3n) is 3.36. The highest BCUT2D eigenvalue weighted by Gasteiger charge is 2.17. The van der Waals surface area contributed by atoms with Crippen LogP contribution >= 0.6 is 11.3 Å². The Bertz CT molecular complexity index is 999. The molecule has 0 bridgehead atoms. The maximum atomic E-state index is 12.5. The summed E-state index contributed by atoms with van der Waals surface area (Å²) >= 11 is 1.05. The van der Waals surface area contributed by atoms with Crippen molar-refractivity contribution in [3.05, 3.63) is 40.9 Å². The van der Waals surface area contributed by atoms with Crippen LogP contribution in [0.3, 0.4) is 0 Å². The number of anilines is 1. The fraction of sp³-hybridized carbons (Fsp3) is 0.333. The van der Waals surface area contributed by atoms with E-state index in [9.17, 15) is 22.8 Å². The molecule has 1 N–H and O–H groups in total. The Balaban J connectivity index is 1.99. The van der Waals surface area contributed by atoms with Crippen LogP contribution in [-0.4, -0.2) is 44.1 Å². The Labute approximate surface area is 172 Å². The first-order valence-corrected chi connectivity index (χ1v) is 11.4. The molecule has 0 fully saturated rings. The van der Waals surface area contributed by atoms with E-state index in [0.29, 0.717) is 11.3 Å². The number of esters is 2. The highest BCUT2D eigenvalue weighted by Crippen LogP contribution is 2.24. The third-order valence-corrected chi connectivity index (χ3v) is 5.30. The van der Waals surface area contributed by atoms with E-state index in [0.717, 1.165) is 17.6 Å². The van der Waals surface area contributed by atoms with Gasteiger partial charge < -0.3 is 9.47 Å². The van der Waals surface area contributed by atoms with Crippen LogP contribution in [0.2, 0.25) is 0 Å². The maximum absolute atomic E-state index is 12.5. The molecule has 1 heterocycles. The van der Waals surface area contributed by atoms with Gasteiger partial charge in [-0.3, -0.25) is 19.7 Å². The van der Waals surface area contributed by atoms with E-state index >= 15 is 0 Å². The highest BCUT2D eigenvalue weighted by atomic mass is 32.2. The molecule has 0 aliphatic rings. The van der Waals surface area contributed by atoms with Gasteiger partial charge >= 0.3 is 11.9 Å². The first-order valence-electron chi connectivity index (χ1n) is 8.51. The number of hydrogen-bond donors (Lipinski definition) is 1. The van der Waals surface area contributed by atoms with Gasteiger partial charge in [0, 0.05) is 30.7 Å². The van der Waals surface area contributed by atoms with Crippen LogP contribution in [0.25, 0.3) is 0 Å². The number of benzene rings is 1. The summed E-state index contributed by atoms with van der Waals surface area (Å²) in [7, 11) is -3.21. The molecule has 156 valence electrons. The lowest BCUT2D eigenvalue weighted by molar-refractivity contribution is -0.142. The molecular formula is C18H20N2O7S2. The minimum atomic E-state index is -3.21. The molecule has 11 heteroatoms. The standard InChI is InChI=1S/C18H20N2O7S2/c1-12(21)26-9-5-8-16(22)27-15-7-4-3-6-14(15)17(23)20-18-19-10-13(28-18)11-29(2,24)25/h3-4,6-7,10H,5,8-9,11H2,1-2H3,(H,19,20,23). The SMILES string of the molecule is CC(=O)OCCCC(=O)Oc1ccccc1C(=O)Nc1ncc(CS(C)(=O)=O)s1. The molecule has 1 aromatic heterocycles. The molecule has 0 aliphatic carbocycles. The van der Waals surface area contributed by atoms with Crippen molar-refractivity contribution in [3.8, 4) is 5.75 Å². The second-order valence-electron chi connectivity index (χ2n) is 6.07. The number of hydrogen-bond acceptors (Lipinski definition) is 9. The molecule has 0 aliphatic heterocycles. The summed E-state index contributed by atoms with van der Waals surface area (Å²) in [4.78, 5) is 39.7. The first-order chi connectivity index (χ1) is 13.6. The lowest BCUT2D eigenvalue weighted by Crippen LogP contribution is -2.16. The zero-order valence-electron chi connectivity index (χ0n) is 15.8. The van der Waals surface area contributed by atoms with E-state index in [-0.39, 0.29) is 35.2 Å². The number of aromatic nitrogens is 1. The van der Waals surface area contributed by atoms with Gasteiger partial charge in [0.1, 0.15) is 5.75 Å². The number of carbonyl (C=O) groups is 3. The van der Waals surface area contributed by atoms with Crippen molar-refractivity contribution in [1.82, 2.24) is 4.98 Å². The Kier molecular flexibility index (Phi) is 7.85. The van der Waals surface area contributed by atoms with Gasteiger partial charge in [-0.05, 0) is 18.6 Å². The summed E-state index contributed by atoms with van der Waals surface area (Å²) in [6.07, 6.45) is 2.82. The molecule has 1 aromatic carbocycles. The fourth-order valence-corrected chi connectivity index (χ4v) is 4.28. The first kappa shape index (κ1) is 22.5. The van der Waals surface area contributed by atoms with E-state index in [2.05, 4.69) is 10.3 Å². The van der Waals surface area contributed by atoms with Gasteiger partial charge in [0.05, 0.1) is 17.9 Å². The van der Waals surface area contributed by atoms with Gasteiger partial charge in [-0.25, -0.2) is 13.4 Å². The molecule has 1 amide bonds. The molecule has 0 spiro atoms. The molecule has 0 radical (unpaired) electrons. The second kappa shape index (κ2) is 10.1. The molecule has 0 saturated carbocycles. The Morgan fingerprint density at radius 2 is 1.93 bits per heavy atom. The summed E-state index contributed by atoms with van der Waals surface area (Å²) in [6, 6.07) is 6.20. The molecular weight excluding hydrogens is 420 g/mol. The lowest BCUT2D eigenvalue weighted by atomic mass is 10.2. The number of rotatable bonds is 9. The van der Waals surface area contributed by atoms with E-state index in [1.807, 2.05) is 0 Å². The normalized spacial score (nSPS) is 11.0. The molecule has 2 aromatic rings. The Morgan fingerprint density at radius 3 is 2.62 bits per heavy atom. The molecule has 0 atom stereocenters. The number of ether oxygens (including phenoxy) is 2. The minimum Gasteiger partial charge on any atom is -0.466 e. The quantitative estimate of drug-likeness (QED) is 0.357. The van der Waals surface area contributed by atoms with Crippen LogP contribution in [0.15, 0.2) is 30.5 Å². The van der Waals surface area contributed by atoms with Gasteiger partial charge in [-0.1, -0.05) is 12.1 Å². The van der Waals surface area contributed by atoms with Crippen molar-refractivity contribution < 1.29 is 32.3 Å². The fourth-order valence-electron chi connectivity index (χ4n) is 2.20. The van der Waals surface area contributed by atoms with Crippen LogP contribution in [0, 0.1) is 0 Å². The summed E-state index contributed by atoms with van der Waals surface area (Å²) in [6.45, 7) is 1.38. The predicted molar refractivity (Wildman–Crippen MR) is 107 cm³/mol. The number of sulfone groups is 1. The molecule has 2 rings (SSSR count). The summed E-state index contributed by atoms with van der Waals surface area (Å²) in [5.41, 5.74) is 0.126. The molecule has 9 nitrogen and oxygen atoms in total. The van der Waals surface area contributed by atoms with E-state index in [4.69, 9.17) is 9.47 Å². The van der Waals surface area contributed by atoms with E-state index < -0.39 is 27.7 Å². The minimum absolute atomic E-state index is 0.0184. The number of nitrogens with zero attached hydrogens (tertiary/aromatic N) is 1. The van der Waals surface area contributed by atoms with Crippen molar-refractivity contribution in [2.75, 3.05) is 18.2 Å². The zero-order chi connectivity index (χ0) is 21.4. The van der Waals surface area contributed by atoms with Crippen LogP contribution < -0.4 is 10.1 Å². The van der Waals surface area contributed by atoms with Gasteiger partial charge in [0.15, 0.2) is 15.0 Å². The largest absolute Gasteiger partial charge is 0.466 e. The monoisotopic (exact) mass is 440 g/mol. The van der Waals surface area contributed by atoms with Gasteiger partial charge in [-0.2, -0.15) is 0 Å². The van der Waals surface area contributed by atoms with Crippen LogP contribution in [0.4, 0.5) is 5.13 Å². The lowest BCUT2D eigenvalue weighted by Gasteiger charge is -2.09. The number of thiazole rings is 1. The summed E-state index contributed by atoms with van der Waals surface area (Å²) in [5.74, 6) is -1.63. The van der Waals surface area contributed by atoms with Gasteiger partial charge in [0.2, 0.25) is 0 Å². The molecule has 29 heavy (non-hydrogen) atoms. The topological polar surface area (TPSA) is 129 Å². The van der Waals surface area contributed by atoms with Crippen molar-refractivity contribution in [1.29, 1.82) is 0 Å². The van der Waals surface area contributed by atoms with Crippen molar-refractivity contribution in [3.63, 3.8) is 0 Å². The number of para-hydroxylation sites is 1. The average molecular weight is 440 g/mol. The van der Waals surface area contributed by atoms with Crippen molar-refractivity contribution >= 4 is 44.2 Å². The number of amides is 1. The maximum Gasteiger partial charge on any atom is 0.311 e. The predicted octanol–water partition coefficient (Wildman–Crippen LogP) is 2.19. The molecule has 0 saturated heterocycles. The average Bonchev–Trinajstić information content (AvgIpc) is 3.03. The zero-order valence-corrected chi connectivity index (χ0v) is 17.5. The smallest absolute Gasteiger partial charge is 0.311 e.